The fourth-order valence-electron chi connectivity index (χ4n) is 1.90. The maximum atomic E-state index is 12.5. The number of hydrogen-bond donors (Lipinski definition) is 1. The first-order valence-corrected chi connectivity index (χ1v) is 8.43. The molecule has 2 aromatic carbocycles. The molecule has 0 aliphatic heterocycles. The van der Waals surface area contributed by atoms with Crippen molar-refractivity contribution in [3.05, 3.63) is 64.7 Å². The third-order valence-electron chi connectivity index (χ3n) is 3.06. The SMILES string of the molecule is O=C(COC(=O)c1ccccc1SC(F)F)NCc1ccc(Cl)cc1. The molecule has 0 spiro atoms. The topological polar surface area (TPSA) is 55.4 Å². The number of carbonyl (C=O) groups excluding carboxylic acids is 2. The number of alkyl halides is 2. The molecule has 8 heteroatoms. The number of benzene rings is 2. The molecule has 1 amide bonds. The van der Waals surface area contributed by atoms with Crippen molar-refractivity contribution >= 4 is 35.2 Å². The number of esters is 1. The average molecular weight is 386 g/mol. The number of ether oxygens (including phenoxy) is 1. The summed E-state index contributed by atoms with van der Waals surface area (Å²) in [6.07, 6.45) is 0. The summed E-state index contributed by atoms with van der Waals surface area (Å²) in [4.78, 5) is 23.8. The van der Waals surface area contributed by atoms with Gasteiger partial charge in [-0.25, -0.2) is 4.79 Å². The van der Waals surface area contributed by atoms with E-state index in [1.54, 1.807) is 30.3 Å². The monoisotopic (exact) mass is 385 g/mol. The number of carbonyl (C=O) groups is 2. The highest BCUT2D eigenvalue weighted by Crippen LogP contribution is 2.28. The molecular weight excluding hydrogens is 372 g/mol. The second kappa shape index (κ2) is 9.39. The zero-order chi connectivity index (χ0) is 18.2. The van der Waals surface area contributed by atoms with Crippen LogP contribution in [0, 0.1) is 0 Å². The lowest BCUT2D eigenvalue weighted by molar-refractivity contribution is -0.124. The summed E-state index contributed by atoms with van der Waals surface area (Å²) in [6, 6.07) is 12.7. The van der Waals surface area contributed by atoms with Crippen molar-refractivity contribution in [1.29, 1.82) is 0 Å². The third-order valence-corrected chi connectivity index (χ3v) is 4.10. The summed E-state index contributed by atoms with van der Waals surface area (Å²) in [5, 5.41) is 3.17. The standard InChI is InChI=1S/C17H14ClF2NO3S/c18-12-7-5-11(6-8-12)9-21-15(22)10-24-16(23)13-3-1-2-4-14(13)25-17(19)20/h1-8,17H,9-10H2,(H,21,22). The molecule has 2 aromatic rings. The van der Waals surface area contributed by atoms with Gasteiger partial charge in [0, 0.05) is 16.5 Å². The molecule has 0 aromatic heterocycles. The smallest absolute Gasteiger partial charge is 0.339 e. The van der Waals surface area contributed by atoms with E-state index in [1.165, 1.54) is 18.2 Å². The first-order chi connectivity index (χ1) is 12.0. The Kier molecular flexibility index (Phi) is 7.21. The molecule has 0 fully saturated rings. The van der Waals surface area contributed by atoms with Crippen molar-refractivity contribution < 1.29 is 23.1 Å². The van der Waals surface area contributed by atoms with E-state index in [-0.39, 0.29) is 28.8 Å². The van der Waals surface area contributed by atoms with Crippen molar-refractivity contribution in [3.8, 4) is 0 Å². The lowest BCUT2D eigenvalue weighted by Crippen LogP contribution is -2.28. The summed E-state index contributed by atoms with van der Waals surface area (Å²) in [7, 11) is 0. The molecule has 0 saturated carbocycles. The quantitative estimate of drug-likeness (QED) is 0.575. The van der Waals surface area contributed by atoms with Crippen LogP contribution < -0.4 is 5.32 Å². The molecular formula is C17H14ClF2NO3S. The summed E-state index contributed by atoms with van der Waals surface area (Å²) in [5.74, 6) is -3.98. The lowest BCUT2D eigenvalue weighted by Gasteiger charge is -2.09. The summed E-state index contributed by atoms with van der Waals surface area (Å²) in [5.41, 5.74) is 0.834. The predicted octanol–water partition coefficient (Wildman–Crippen LogP) is 4.13. The molecule has 2 rings (SSSR count). The minimum atomic E-state index is -2.66. The summed E-state index contributed by atoms with van der Waals surface area (Å²) in [6.45, 7) is -0.245. The molecule has 0 unspecified atom stereocenters. The Bertz CT molecular complexity index is 741. The minimum absolute atomic E-state index is 0.00157. The van der Waals surface area contributed by atoms with E-state index < -0.39 is 24.2 Å². The number of hydrogen-bond acceptors (Lipinski definition) is 4. The van der Waals surface area contributed by atoms with E-state index in [2.05, 4.69) is 5.32 Å². The zero-order valence-electron chi connectivity index (χ0n) is 12.9. The molecule has 25 heavy (non-hydrogen) atoms. The van der Waals surface area contributed by atoms with Gasteiger partial charge in [0.2, 0.25) is 0 Å². The van der Waals surface area contributed by atoms with Crippen molar-refractivity contribution in [1.82, 2.24) is 5.32 Å². The molecule has 0 bridgehead atoms. The van der Waals surface area contributed by atoms with Crippen LogP contribution in [0.4, 0.5) is 8.78 Å². The molecule has 0 atom stereocenters. The van der Waals surface area contributed by atoms with Crippen LogP contribution in [0.3, 0.4) is 0 Å². The van der Waals surface area contributed by atoms with E-state index in [0.29, 0.717) is 5.02 Å². The maximum absolute atomic E-state index is 12.5. The Morgan fingerprint density at radius 3 is 2.48 bits per heavy atom. The molecule has 0 heterocycles. The summed E-state index contributed by atoms with van der Waals surface area (Å²) < 4.78 is 29.9. The third kappa shape index (κ3) is 6.36. The Hall–Kier alpha value is -2.12. The number of thioether (sulfide) groups is 1. The zero-order valence-corrected chi connectivity index (χ0v) is 14.4. The summed E-state index contributed by atoms with van der Waals surface area (Å²) >= 11 is 6.02. The van der Waals surface area contributed by atoms with Crippen LogP contribution in [0.1, 0.15) is 15.9 Å². The molecule has 0 aliphatic carbocycles. The van der Waals surface area contributed by atoms with Gasteiger partial charge in [-0.3, -0.25) is 4.79 Å². The number of rotatable bonds is 7. The normalized spacial score (nSPS) is 10.6. The van der Waals surface area contributed by atoms with Gasteiger partial charge in [0.15, 0.2) is 6.61 Å². The molecule has 0 aliphatic rings. The van der Waals surface area contributed by atoms with Gasteiger partial charge in [-0.1, -0.05) is 47.6 Å². The number of amides is 1. The minimum Gasteiger partial charge on any atom is -0.452 e. The van der Waals surface area contributed by atoms with Crippen molar-refractivity contribution in [2.75, 3.05) is 6.61 Å². The van der Waals surface area contributed by atoms with Crippen LogP contribution >= 0.6 is 23.4 Å². The predicted molar refractivity (Wildman–Crippen MR) is 91.9 cm³/mol. The van der Waals surface area contributed by atoms with Gasteiger partial charge in [0.05, 0.1) is 5.56 Å². The first kappa shape index (κ1) is 19.2. The van der Waals surface area contributed by atoms with Crippen LogP contribution in [0.25, 0.3) is 0 Å². The van der Waals surface area contributed by atoms with Gasteiger partial charge < -0.3 is 10.1 Å². The largest absolute Gasteiger partial charge is 0.452 e. The Balaban J connectivity index is 1.85. The van der Waals surface area contributed by atoms with Crippen LogP contribution in [-0.2, 0) is 16.1 Å². The average Bonchev–Trinajstić information content (AvgIpc) is 2.59. The first-order valence-electron chi connectivity index (χ1n) is 7.18. The Morgan fingerprint density at radius 1 is 1.12 bits per heavy atom. The Morgan fingerprint density at radius 2 is 1.80 bits per heavy atom. The van der Waals surface area contributed by atoms with E-state index in [0.717, 1.165) is 5.56 Å². The van der Waals surface area contributed by atoms with Crippen molar-refractivity contribution in [3.63, 3.8) is 0 Å². The number of halogens is 3. The van der Waals surface area contributed by atoms with E-state index in [4.69, 9.17) is 16.3 Å². The highest BCUT2D eigenvalue weighted by molar-refractivity contribution is 7.99. The fourth-order valence-corrected chi connectivity index (χ4v) is 2.65. The highest BCUT2D eigenvalue weighted by atomic mass is 35.5. The van der Waals surface area contributed by atoms with E-state index in [1.807, 2.05) is 0 Å². The number of nitrogens with one attached hydrogen (secondary N) is 1. The van der Waals surface area contributed by atoms with Crippen molar-refractivity contribution in [2.45, 2.75) is 17.2 Å². The van der Waals surface area contributed by atoms with Crippen molar-refractivity contribution in [2.24, 2.45) is 0 Å². The van der Waals surface area contributed by atoms with Gasteiger partial charge in [-0.2, -0.15) is 8.78 Å². The van der Waals surface area contributed by atoms with Gasteiger partial charge in [-0.15, -0.1) is 0 Å². The highest BCUT2D eigenvalue weighted by Gasteiger charge is 2.17. The maximum Gasteiger partial charge on any atom is 0.339 e. The van der Waals surface area contributed by atoms with Gasteiger partial charge >= 0.3 is 5.97 Å². The van der Waals surface area contributed by atoms with Gasteiger partial charge in [0.1, 0.15) is 0 Å². The van der Waals surface area contributed by atoms with Crippen LogP contribution in [-0.4, -0.2) is 24.2 Å². The lowest BCUT2D eigenvalue weighted by atomic mass is 10.2. The molecule has 0 radical (unpaired) electrons. The van der Waals surface area contributed by atoms with Crippen LogP contribution in [0.15, 0.2) is 53.4 Å². The second-order valence-corrected chi connectivity index (χ2v) is 6.32. The second-order valence-electron chi connectivity index (χ2n) is 4.85. The molecule has 1 N–H and O–H groups in total. The molecule has 132 valence electrons. The van der Waals surface area contributed by atoms with E-state index >= 15 is 0 Å². The Labute approximate surface area is 152 Å². The van der Waals surface area contributed by atoms with Gasteiger partial charge in [-0.05, 0) is 29.8 Å². The van der Waals surface area contributed by atoms with Gasteiger partial charge in [0.25, 0.3) is 11.7 Å². The van der Waals surface area contributed by atoms with E-state index in [9.17, 15) is 18.4 Å². The van der Waals surface area contributed by atoms with Crippen LogP contribution in [0.2, 0.25) is 5.02 Å². The van der Waals surface area contributed by atoms with Crippen LogP contribution in [0.5, 0.6) is 0 Å². The molecule has 4 nitrogen and oxygen atoms in total. The molecule has 0 saturated heterocycles. The fraction of sp³-hybridized carbons (Fsp3) is 0.176.